The Morgan fingerprint density at radius 1 is 1.62 bits per heavy atom. The van der Waals surface area contributed by atoms with Gasteiger partial charge < -0.3 is 10.4 Å². The van der Waals surface area contributed by atoms with E-state index < -0.39 is 5.60 Å². The molecule has 0 aromatic rings. The molecule has 0 aromatic heterocycles. The van der Waals surface area contributed by atoms with Crippen LogP contribution in [0.1, 0.15) is 26.2 Å². The lowest BCUT2D eigenvalue weighted by atomic mass is 10.0. The zero-order valence-electron chi connectivity index (χ0n) is 8.25. The van der Waals surface area contributed by atoms with Crippen molar-refractivity contribution in [1.29, 1.82) is 0 Å². The van der Waals surface area contributed by atoms with E-state index in [1.54, 1.807) is 0 Å². The molecule has 2 nitrogen and oxygen atoms in total. The Labute approximate surface area is 84.5 Å². The van der Waals surface area contributed by atoms with Crippen LogP contribution < -0.4 is 5.32 Å². The molecule has 0 bridgehead atoms. The second-order valence-corrected chi connectivity index (χ2v) is 5.64. The molecule has 2 N–H and O–H groups in total. The predicted octanol–water partition coefficient (Wildman–Crippen LogP) is 1.24. The maximum atomic E-state index is 10.1. The number of rotatable bonds is 4. The highest BCUT2D eigenvalue weighted by atomic mass is 32.2. The summed E-state index contributed by atoms with van der Waals surface area (Å²) in [6, 6.07) is 0.606. The maximum absolute atomic E-state index is 10.1. The van der Waals surface area contributed by atoms with Gasteiger partial charge in [-0.15, -0.1) is 0 Å². The summed E-state index contributed by atoms with van der Waals surface area (Å²) in [6.07, 6.45) is 3.71. The Hall–Kier alpha value is 0.270. The fourth-order valence-corrected chi connectivity index (χ4v) is 3.14. The van der Waals surface area contributed by atoms with Crippen molar-refractivity contribution >= 4 is 11.8 Å². The first-order chi connectivity index (χ1) is 6.20. The lowest BCUT2D eigenvalue weighted by molar-refractivity contribution is 0.0644. The van der Waals surface area contributed by atoms with E-state index in [-0.39, 0.29) is 0 Å². The molecule has 1 saturated heterocycles. The van der Waals surface area contributed by atoms with Crippen LogP contribution in [-0.2, 0) is 0 Å². The molecule has 2 unspecified atom stereocenters. The molecule has 2 rings (SSSR count). The highest BCUT2D eigenvalue weighted by molar-refractivity contribution is 7.99. The van der Waals surface area contributed by atoms with Crippen LogP contribution >= 0.6 is 11.8 Å². The Bertz CT molecular complexity index is 176. The van der Waals surface area contributed by atoms with Crippen molar-refractivity contribution in [2.24, 2.45) is 5.92 Å². The van der Waals surface area contributed by atoms with Gasteiger partial charge in [0.15, 0.2) is 0 Å². The highest BCUT2D eigenvalue weighted by Crippen LogP contribution is 2.33. The normalized spacial score (nSPS) is 36.5. The van der Waals surface area contributed by atoms with Crippen LogP contribution in [0.4, 0.5) is 0 Å². The van der Waals surface area contributed by atoms with Gasteiger partial charge in [-0.1, -0.05) is 0 Å². The summed E-state index contributed by atoms with van der Waals surface area (Å²) in [6.45, 7) is 3.03. The van der Waals surface area contributed by atoms with Crippen molar-refractivity contribution in [2.75, 3.05) is 18.1 Å². The van der Waals surface area contributed by atoms with Gasteiger partial charge in [-0.25, -0.2) is 0 Å². The second-order valence-electron chi connectivity index (χ2n) is 4.53. The van der Waals surface area contributed by atoms with Gasteiger partial charge in [0.05, 0.1) is 5.60 Å². The van der Waals surface area contributed by atoms with Crippen LogP contribution in [-0.4, -0.2) is 34.8 Å². The summed E-state index contributed by atoms with van der Waals surface area (Å²) in [7, 11) is 0. The fraction of sp³-hybridized carbons (Fsp3) is 1.00. The second kappa shape index (κ2) is 3.79. The molecular formula is C10H19NOS. The van der Waals surface area contributed by atoms with Gasteiger partial charge in [0.2, 0.25) is 0 Å². The van der Waals surface area contributed by atoms with Crippen LogP contribution in [0.3, 0.4) is 0 Å². The Morgan fingerprint density at radius 2 is 2.38 bits per heavy atom. The van der Waals surface area contributed by atoms with Crippen LogP contribution in [0.25, 0.3) is 0 Å². The van der Waals surface area contributed by atoms with E-state index in [0.717, 1.165) is 30.4 Å². The predicted molar refractivity (Wildman–Crippen MR) is 57.1 cm³/mol. The quantitative estimate of drug-likeness (QED) is 0.718. The number of nitrogens with one attached hydrogen (secondary N) is 1. The van der Waals surface area contributed by atoms with Crippen molar-refractivity contribution in [2.45, 2.75) is 37.8 Å². The monoisotopic (exact) mass is 201 g/mol. The van der Waals surface area contributed by atoms with Crippen molar-refractivity contribution < 1.29 is 5.11 Å². The molecule has 0 spiro atoms. The molecule has 1 saturated carbocycles. The third-order valence-corrected chi connectivity index (χ3v) is 4.40. The van der Waals surface area contributed by atoms with E-state index in [1.165, 1.54) is 12.8 Å². The Morgan fingerprint density at radius 3 is 2.92 bits per heavy atom. The summed E-state index contributed by atoms with van der Waals surface area (Å²) in [5, 5.41) is 13.5. The van der Waals surface area contributed by atoms with Crippen LogP contribution in [0, 0.1) is 5.92 Å². The average Bonchev–Trinajstić information content (AvgIpc) is 2.87. The van der Waals surface area contributed by atoms with Crippen LogP contribution in [0.5, 0.6) is 0 Å². The summed E-state index contributed by atoms with van der Waals surface area (Å²) < 4.78 is 0. The average molecular weight is 201 g/mol. The first-order valence-corrected chi connectivity index (χ1v) is 6.39. The summed E-state index contributed by atoms with van der Waals surface area (Å²) in [5.41, 5.74) is -0.409. The largest absolute Gasteiger partial charge is 0.388 e. The molecule has 13 heavy (non-hydrogen) atoms. The molecule has 2 fully saturated rings. The van der Waals surface area contributed by atoms with Gasteiger partial charge >= 0.3 is 0 Å². The van der Waals surface area contributed by atoms with Crippen LogP contribution in [0.2, 0.25) is 0 Å². The first-order valence-electron chi connectivity index (χ1n) is 5.23. The lowest BCUT2D eigenvalue weighted by Gasteiger charge is -2.24. The molecule has 2 atom stereocenters. The minimum atomic E-state index is -0.409. The third-order valence-electron chi connectivity index (χ3n) is 3.16. The Balaban J connectivity index is 1.70. The van der Waals surface area contributed by atoms with E-state index in [9.17, 15) is 5.11 Å². The molecule has 76 valence electrons. The third kappa shape index (κ3) is 2.61. The number of thioether (sulfide) groups is 1. The Kier molecular flexibility index (Phi) is 2.86. The van der Waals surface area contributed by atoms with Crippen molar-refractivity contribution in [1.82, 2.24) is 5.32 Å². The molecule has 2 aliphatic rings. The van der Waals surface area contributed by atoms with E-state index in [4.69, 9.17) is 0 Å². The smallest absolute Gasteiger partial charge is 0.0869 e. The fourth-order valence-electron chi connectivity index (χ4n) is 1.85. The van der Waals surface area contributed by atoms with E-state index in [2.05, 4.69) is 12.2 Å². The van der Waals surface area contributed by atoms with Crippen molar-refractivity contribution in [3.05, 3.63) is 0 Å². The van der Waals surface area contributed by atoms with E-state index in [0.29, 0.717) is 6.04 Å². The minimum Gasteiger partial charge on any atom is -0.388 e. The number of aliphatic hydroxyl groups is 1. The molecule has 1 heterocycles. The summed E-state index contributed by atoms with van der Waals surface area (Å²) in [4.78, 5) is 0. The number of hydrogen-bond acceptors (Lipinski definition) is 3. The van der Waals surface area contributed by atoms with Gasteiger partial charge in [-0.2, -0.15) is 11.8 Å². The zero-order chi connectivity index (χ0) is 9.31. The molecule has 1 aliphatic carbocycles. The summed E-state index contributed by atoms with van der Waals surface area (Å²) >= 11 is 1.87. The van der Waals surface area contributed by atoms with Crippen LogP contribution in [0.15, 0.2) is 0 Å². The van der Waals surface area contributed by atoms with E-state index >= 15 is 0 Å². The molecule has 3 heteroatoms. The van der Waals surface area contributed by atoms with E-state index in [1.807, 2.05) is 11.8 Å². The topological polar surface area (TPSA) is 32.3 Å². The molecular weight excluding hydrogens is 182 g/mol. The van der Waals surface area contributed by atoms with Crippen molar-refractivity contribution in [3.63, 3.8) is 0 Å². The highest BCUT2D eigenvalue weighted by Gasteiger charge is 2.34. The van der Waals surface area contributed by atoms with Crippen molar-refractivity contribution in [3.8, 4) is 0 Å². The van der Waals surface area contributed by atoms with Gasteiger partial charge in [-0.05, 0) is 37.9 Å². The summed E-state index contributed by atoms with van der Waals surface area (Å²) in [5.74, 6) is 2.92. The molecule has 1 aliphatic heterocycles. The zero-order valence-corrected chi connectivity index (χ0v) is 9.07. The van der Waals surface area contributed by atoms with Gasteiger partial charge in [0, 0.05) is 18.3 Å². The van der Waals surface area contributed by atoms with Gasteiger partial charge in [0.25, 0.3) is 0 Å². The molecule has 0 amide bonds. The molecule has 0 radical (unpaired) electrons. The minimum absolute atomic E-state index is 0.409. The SMILES string of the molecule is CC(NCC1(O)CCSC1)C1CC1. The molecule has 0 aromatic carbocycles. The van der Waals surface area contributed by atoms with Gasteiger partial charge in [-0.3, -0.25) is 0 Å². The number of hydrogen-bond donors (Lipinski definition) is 2. The standard InChI is InChI=1S/C10H19NOS/c1-8(9-2-3-9)11-6-10(12)4-5-13-7-10/h8-9,11-12H,2-7H2,1H3. The lowest BCUT2D eigenvalue weighted by Crippen LogP contribution is -2.44. The van der Waals surface area contributed by atoms with Gasteiger partial charge in [0.1, 0.15) is 0 Å². The first kappa shape index (κ1) is 9.81. The maximum Gasteiger partial charge on any atom is 0.0869 e.